The summed E-state index contributed by atoms with van der Waals surface area (Å²) in [6.07, 6.45) is 4.88. The molecule has 9 nitrogen and oxygen atoms in total. The van der Waals surface area contributed by atoms with Crippen LogP contribution in [-0.4, -0.2) is 29.1 Å². The number of hydrogen-bond donors (Lipinski definition) is 0. The van der Waals surface area contributed by atoms with Crippen molar-refractivity contribution in [2.75, 3.05) is 7.11 Å². The van der Waals surface area contributed by atoms with E-state index >= 15 is 0 Å². The predicted octanol–water partition coefficient (Wildman–Crippen LogP) is 2.29. The van der Waals surface area contributed by atoms with E-state index in [9.17, 15) is 25.0 Å². The minimum atomic E-state index is -1.11. The molecule has 120 valence electrons. The van der Waals surface area contributed by atoms with Crippen LogP contribution in [0.2, 0.25) is 0 Å². The van der Waals surface area contributed by atoms with E-state index in [4.69, 9.17) is 0 Å². The molecule has 1 atom stereocenters. The largest absolute Gasteiger partial charge is 0.469 e. The number of carbonyl (C=O) groups is 1. The molecule has 23 heavy (non-hydrogen) atoms. The first-order valence-electron chi connectivity index (χ1n) is 6.63. The monoisotopic (exact) mass is 319 g/mol. The molecule has 0 fully saturated rings. The Morgan fingerprint density at radius 2 is 2.04 bits per heavy atom. The second kappa shape index (κ2) is 6.34. The summed E-state index contributed by atoms with van der Waals surface area (Å²) in [5.41, 5.74) is -1.70. The molecule has 0 spiro atoms. The van der Waals surface area contributed by atoms with Gasteiger partial charge in [0.25, 0.3) is 11.4 Å². The molecule has 1 heterocycles. The van der Waals surface area contributed by atoms with Crippen LogP contribution in [0.4, 0.5) is 11.4 Å². The molecule has 2 rings (SSSR count). The molecule has 1 unspecified atom stereocenters. The number of esters is 1. The van der Waals surface area contributed by atoms with Crippen LogP contribution >= 0.6 is 0 Å². The summed E-state index contributed by atoms with van der Waals surface area (Å²) >= 11 is 0. The van der Waals surface area contributed by atoms with Gasteiger partial charge in [-0.2, -0.15) is 0 Å². The van der Waals surface area contributed by atoms with Gasteiger partial charge in [-0.15, -0.1) is 0 Å². The second-order valence-corrected chi connectivity index (χ2v) is 4.85. The van der Waals surface area contributed by atoms with Crippen LogP contribution < -0.4 is 0 Å². The van der Waals surface area contributed by atoms with Crippen LogP contribution in [0, 0.1) is 20.2 Å². The highest BCUT2D eigenvalue weighted by molar-refractivity contribution is 5.77. The summed E-state index contributed by atoms with van der Waals surface area (Å²) < 4.78 is 4.58. The number of ether oxygens (including phenoxy) is 1. The lowest BCUT2D eigenvalue weighted by Crippen LogP contribution is -2.22. The van der Waals surface area contributed by atoms with Crippen molar-refractivity contribution in [3.63, 3.8) is 0 Å². The Kier molecular flexibility index (Phi) is 4.49. The van der Waals surface area contributed by atoms with Gasteiger partial charge in [0.15, 0.2) is 0 Å². The van der Waals surface area contributed by atoms with E-state index in [1.54, 1.807) is 12.2 Å². The van der Waals surface area contributed by atoms with Crippen LogP contribution in [0.1, 0.15) is 18.4 Å². The number of hydrogen-bond acceptors (Lipinski definition) is 7. The molecule has 1 aromatic carbocycles. The molecule has 0 amide bonds. The van der Waals surface area contributed by atoms with Crippen LogP contribution in [0.3, 0.4) is 0 Å². The summed E-state index contributed by atoms with van der Waals surface area (Å²) in [5.74, 6) is -0.468. The summed E-state index contributed by atoms with van der Waals surface area (Å²) in [4.78, 5) is 36.4. The molecular weight excluding hydrogens is 306 g/mol. The summed E-state index contributed by atoms with van der Waals surface area (Å²) in [5, 5.41) is 22.1. The number of nitro groups is 2. The van der Waals surface area contributed by atoms with E-state index in [0.717, 1.165) is 6.07 Å². The number of benzene rings is 1. The van der Waals surface area contributed by atoms with Crippen molar-refractivity contribution in [3.8, 4) is 0 Å². The Labute approximate surface area is 130 Å². The third-order valence-corrected chi connectivity index (χ3v) is 3.56. The highest BCUT2D eigenvalue weighted by atomic mass is 16.6. The second-order valence-electron chi connectivity index (χ2n) is 4.85. The maximum atomic E-state index is 11.4. The lowest BCUT2D eigenvalue weighted by atomic mass is 9.85. The Morgan fingerprint density at radius 3 is 2.57 bits per heavy atom. The average molecular weight is 319 g/mol. The normalized spacial score (nSPS) is 18.8. The Hall–Kier alpha value is -3.10. The van der Waals surface area contributed by atoms with E-state index in [1.807, 2.05) is 0 Å². The molecule has 0 bridgehead atoms. The van der Waals surface area contributed by atoms with E-state index < -0.39 is 27.0 Å². The first-order valence-corrected chi connectivity index (χ1v) is 6.63. The van der Waals surface area contributed by atoms with Crippen molar-refractivity contribution in [3.05, 3.63) is 56.1 Å². The molecule has 1 aliphatic heterocycles. The minimum absolute atomic E-state index is 0.00627. The van der Waals surface area contributed by atoms with Crippen LogP contribution in [0.15, 0.2) is 35.3 Å². The maximum Gasteiger partial charge on any atom is 0.305 e. The zero-order valence-electron chi connectivity index (χ0n) is 12.2. The lowest BCUT2D eigenvalue weighted by molar-refractivity contribution is -0.394. The van der Waals surface area contributed by atoms with Crippen molar-refractivity contribution < 1.29 is 19.4 Å². The quantitative estimate of drug-likeness (QED) is 0.450. The van der Waals surface area contributed by atoms with Gasteiger partial charge in [0.2, 0.25) is 0 Å². The van der Waals surface area contributed by atoms with Gasteiger partial charge in [-0.1, -0.05) is 6.08 Å². The van der Waals surface area contributed by atoms with Gasteiger partial charge in [0, 0.05) is 18.7 Å². The third-order valence-electron chi connectivity index (χ3n) is 3.56. The first-order chi connectivity index (χ1) is 10.9. The topological polar surface area (TPSA) is 125 Å². The average Bonchev–Trinajstić information content (AvgIpc) is 3.01. The van der Waals surface area contributed by atoms with Gasteiger partial charge in [-0.05, 0) is 18.6 Å². The molecule has 0 saturated heterocycles. The first kappa shape index (κ1) is 16.3. The molecule has 0 N–H and O–H groups in total. The number of nitrogens with zero attached hydrogens (tertiary/aromatic N) is 3. The van der Waals surface area contributed by atoms with E-state index in [2.05, 4.69) is 9.73 Å². The summed E-state index contributed by atoms with van der Waals surface area (Å²) in [7, 11) is 1.25. The number of rotatable bonds is 6. The summed E-state index contributed by atoms with van der Waals surface area (Å²) in [6.45, 7) is 0. The van der Waals surface area contributed by atoms with Crippen molar-refractivity contribution in [1.29, 1.82) is 0 Å². The fourth-order valence-electron chi connectivity index (χ4n) is 2.41. The number of allylic oxidation sites excluding steroid dienone is 1. The van der Waals surface area contributed by atoms with Crippen LogP contribution in [-0.2, 0) is 15.1 Å². The SMILES string of the molecule is COC(=O)CCC1(c2ccc([N+](=O)[O-])cc2[N+](=O)[O-])C=CC=N1. The highest BCUT2D eigenvalue weighted by Gasteiger charge is 2.37. The molecule has 0 radical (unpaired) electrons. The van der Waals surface area contributed by atoms with Crippen molar-refractivity contribution >= 4 is 23.6 Å². The van der Waals surface area contributed by atoms with E-state index in [1.165, 1.54) is 25.5 Å². The molecular formula is C14H13N3O6. The van der Waals surface area contributed by atoms with Crippen LogP contribution in [0.5, 0.6) is 0 Å². The zero-order valence-corrected chi connectivity index (χ0v) is 12.2. The lowest BCUT2D eigenvalue weighted by Gasteiger charge is -2.24. The van der Waals surface area contributed by atoms with Crippen molar-refractivity contribution in [2.24, 2.45) is 4.99 Å². The van der Waals surface area contributed by atoms with E-state index in [0.29, 0.717) is 0 Å². The standard InChI is InChI=1S/C14H13N3O6/c1-23-13(18)5-7-14(6-2-8-15-14)11-4-3-10(16(19)20)9-12(11)17(21)22/h2-4,6,8-9H,5,7H2,1H3. The fraction of sp³-hybridized carbons (Fsp3) is 0.286. The molecule has 0 aromatic heterocycles. The number of aliphatic imine (C=N–C) groups is 1. The fourth-order valence-corrected chi connectivity index (χ4v) is 2.41. The predicted molar refractivity (Wildman–Crippen MR) is 80.3 cm³/mol. The Balaban J connectivity index is 2.49. The molecule has 0 aliphatic carbocycles. The number of carbonyl (C=O) groups excluding carboxylic acids is 1. The Bertz CT molecular complexity index is 713. The number of nitro benzene ring substituents is 2. The van der Waals surface area contributed by atoms with Gasteiger partial charge >= 0.3 is 5.97 Å². The molecule has 1 aliphatic rings. The van der Waals surface area contributed by atoms with Crippen molar-refractivity contribution in [1.82, 2.24) is 0 Å². The minimum Gasteiger partial charge on any atom is -0.469 e. The molecule has 1 aromatic rings. The zero-order chi connectivity index (χ0) is 17.0. The number of non-ortho nitro benzene ring substituents is 1. The van der Waals surface area contributed by atoms with Gasteiger partial charge < -0.3 is 4.74 Å². The third kappa shape index (κ3) is 3.23. The van der Waals surface area contributed by atoms with Crippen LogP contribution in [0.25, 0.3) is 0 Å². The smallest absolute Gasteiger partial charge is 0.305 e. The highest BCUT2D eigenvalue weighted by Crippen LogP contribution is 2.41. The maximum absolute atomic E-state index is 11.4. The van der Waals surface area contributed by atoms with Gasteiger partial charge in [-0.25, -0.2) is 0 Å². The van der Waals surface area contributed by atoms with E-state index in [-0.39, 0.29) is 24.1 Å². The summed E-state index contributed by atoms with van der Waals surface area (Å²) in [6, 6.07) is 3.39. The van der Waals surface area contributed by atoms with Crippen molar-refractivity contribution in [2.45, 2.75) is 18.4 Å². The molecule has 0 saturated carbocycles. The van der Waals surface area contributed by atoms with Gasteiger partial charge in [-0.3, -0.25) is 30.0 Å². The number of methoxy groups -OCH3 is 1. The van der Waals surface area contributed by atoms with Gasteiger partial charge in [0.05, 0.1) is 28.6 Å². The Morgan fingerprint density at radius 1 is 1.30 bits per heavy atom. The molecule has 9 heteroatoms. The van der Waals surface area contributed by atoms with Gasteiger partial charge in [0.1, 0.15) is 5.54 Å².